The first-order valence-electron chi connectivity index (χ1n) is 13.7. The molecule has 2 aliphatic heterocycles. The third-order valence-corrected chi connectivity index (χ3v) is 7.47. The summed E-state index contributed by atoms with van der Waals surface area (Å²) in [4.78, 5) is 52.1. The molecule has 0 aromatic heterocycles. The fourth-order valence-corrected chi connectivity index (χ4v) is 4.98. The highest BCUT2D eigenvalue weighted by atomic mass is 35.5. The number of aryl methyl sites for hydroxylation is 2. The lowest BCUT2D eigenvalue weighted by Crippen LogP contribution is -2.58. The predicted molar refractivity (Wildman–Crippen MR) is 157 cm³/mol. The summed E-state index contributed by atoms with van der Waals surface area (Å²) in [5.74, 6) is -2.05. The van der Waals surface area contributed by atoms with E-state index in [0.29, 0.717) is 5.56 Å². The van der Waals surface area contributed by atoms with Crippen LogP contribution in [0, 0.1) is 13.8 Å². The number of nitrogens with one attached hydrogen (secondary N) is 2. The van der Waals surface area contributed by atoms with Gasteiger partial charge in [-0.05, 0) is 56.3 Å². The molecule has 0 radical (unpaired) electrons. The molecule has 1 saturated heterocycles. The van der Waals surface area contributed by atoms with E-state index >= 15 is 4.39 Å². The first kappa shape index (κ1) is 30.7. The summed E-state index contributed by atoms with van der Waals surface area (Å²) in [6.07, 6.45) is -3.29. The number of hydrogen-bond acceptors (Lipinski definition) is 7. The molecule has 0 saturated carbocycles. The van der Waals surface area contributed by atoms with Crippen molar-refractivity contribution in [3.8, 4) is 0 Å². The zero-order valence-corrected chi connectivity index (χ0v) is 24.5. The Morgan fingerprint density at radius 3 is 2.11 bits per heavy atom. The largest absolute Gasteiger partial charge is 0.459 e. The lowest BCUT2D eigenvalue weighted by molar-refractivity contribution is -0.0681. The number of halogens is 2. The second-order valence-corrected chi connectivity index (χ2v) is 11.0. The molecule has 2 N–H and O–H groups in total. The van der Waals surface area contributed by atoms with Gasteiger partial charge in [0.2, 0.25) is 0 Å². The first-order valence-corrected chi connectivity index (χ1v) is 14.1. The molecule has 3 aromatic rings. The third-order valence-electron chi connectivity index (χ3n) is 7.07. The van der Waals surface area contributed by atoms with Crippen LogP contribution < -0.4 is 10.6 Å². The molecule has 2 aliphatic rings. The number of nitrogens with zero attached hydrogens (tertiary/aromatic N) is 1. The van der Waals surface area contributed by atoms with E-state index in [4.69, 9.17) is 25.8 Å². The van der Waals surface area contributed by atoms with Crippen molar-refractivity contribution in [2.24, 2.45) is 0 Å². The summed E-state index contributed by atoms with van der Waals surface area (Å²) in [5, 5.41) is 2.20. The smallest absolute Gasteiger partial charge is 0.338 e. The number of alkyl halides is 2. The summed E-state index contributed by atoms with van der Waals surface area (Å²) in [6, 6.07) is 20.5. The summed E-state index contributed by atoms with van der Waals surface area (Å²) < 4.78 is 33.1. The van der Waals surface area contributed by atoms with Gasteiger partial charge in [-0.1, -0.05) is 65.2 Å². The van der Waals surface area contributed by atoms with Crippen molar-refractivity contribution in [3.05, 3.63) is 119 Å². The molecule has 2 heterocycles. The van der Waals surface area contributed by atoms with E-state index in [1.54, 1.807) is 66.7 Å². The van der Waals surface area contributed by atoms with Gasteiger partial charge in [-0.15, -0.1) is 0 Å². The number of amides is 3. The normalized spacial score (nSPS) is 24.4. The van der Waals surface area contributed by atoms with Crippen molar-refractivity contribution in [3.63, 3.8) is 0 Å². The molecule has 3 aromatic carbocycles. The topological polar surface area (TPSA) is 123 Å². The molecule has 1 unspecified atom stereocenters. The van der Waals surface area contributed by atoms with Gasteiger partial charge in [0.15, 0.2) is 12.3 Å². The Labute approximate surface area is 257 Å². The number of urea groups is 1. The van der Waals surface area contributed by atoms with Crippen LogP contribution in [0.1, 0.15) is 42.2 Å². The van der Waals surface area contributed by atoms with E-state index in [-0.39, 0.29) is 11.1 Å². The van der Waals surface area contributed by atoms with Crippen LogP contribution in [-0.4, -0.2) is 65.1 Å². The van der Waals surface area contributed by atoms with Crippen LogP contribution in [0.2, 0.25) is 0 Å². The highest BCUT2D eigenvalue weighted by molar-refractivity contribution is 6.24. The van der Waals surface area contributed by atoms with E-state index in [0.717, 1.165) is 16.0 Å². The summed E-state index contributed by atoms with van der Waals surface area (Å²) in [6.45, 7) is 3.16. The maximum Gasteiger partial charge on any atom is 0.338 e. The highest BCUT2D eigenvalue weighted by Gasteiger charge is 2.62. The molecule has 0 bridgehead atoms. The molecule has 228 valence electrons. The van der Waals surface area contributed by atoms with Gasteiger partial charge in [-0.2, -0.15) is 0 Å². The monoisotopic (exact) mass is 621 g/mol. The van der Waals surface area contributed by atoms with Crippen LogP contribution in [-0.2, 0) is 14.2 Å². The molecule has 5 rings (SSSR count). The second-order valence-electron chi connectivity index (χ2n) is 10.4. The maximum absolute atomic E-state index is 16.4. The van der Waals surface area contributed by atoms with Gasteiger partial charge in [0.1, 0.15) is 18.9 Å². The lowest BCUT2D eigenvalue weighted by Gasteiger charge is -2.34. The molecular formula is C32H29ClFN3O7. The van der Waals surface area contributed by atoms with Crippen molar-refractivity contribution in [2.45, 2.75) is 43.6 Å². The number of carbonyl (C=O) groups is 4. The molecule has 0 spiro atoms. The SMILES string of the molecule is Cc1ccc(C(=O)OC[C@H]2O[C@@H](N3C=CC(NC(=O)c4ccccc4)NC3=O)[C@@](F)(Cl)[C@@H]2OC(=O)c2ccc(C)cc2)cc1. The van der Waals surface area contributed by atoms with E-state index in [2.05, 4.69) is 10.6 Å². The van der Waals surface area contributed by atoms with Gasteiger partial charge in [-0.3, -0.25) is 9.69 Å². The Hall–Kier alpha value is -4.74. The molecule has 3 amide bonds. The van der Waals surface area contributed by atoms with Crippen LogP contribution in [0.4, 0.5) is 9.18 Å². The molecule has 44 heavy (non-hydrogen) atoms. The molecule has 10 nitrogen and oxygen atoms in total. The number of rotatable bonds is 8. The van der Waals surface area contributed by atoms with Crippen molar-refractivity contribution < 1.29 is 37.8 Å². The van der Waals surface area contributed by atoms with E-state index in [1.807, 2.05) is 13.8 Å². The van der Waals surface area contributed by atoms with Gasteiger partial charge >= 0.3 is 18.0 Å². The predicted octanol–water partition coefficient (Wildman–Crippen LogP) is 4.61. The van der Waals surface area contributed by atoms with E-state index in [1.165, 1.54) is 24.4 Å². The Morgan fingerprint density at radius 1 is 0.932 bits per heavy atom. The van der Waals surface area contributed by atoms with Crippen molar-refractivity contribution in [1.82, 2.24) is 15.5 Å². The highest BCUT2D eigenvalue weighted by Crippen LogP contribution is 2.43. The van der Waals surface area contributed by atoms with Gasteiger partial charge in [0, 0.05) is 11.8 Å². The van der Waals surface area contributed by atoms with E-state index < -0.39 is 60.2 Å². The molecule has 0 aliphatic carbocycles. The van der Waals surface area contributed by atoms with Crippen molar-refractivity contribution in [1.29, 1.82) is 0 Å². The van der Waals surface area contributed by atoms with Crippen LogP contribution in [0.25, 0.3) is 0 Å². The molecule has 12 heteroatoms. The maximum atomic E-state index is 16.4. The Balaban J connectivity index is 1.34. The summed E-state index contributed by atoms with van der Waals surface area (Å²) in [7, 11) is 0. The lowest BCUT2D eigenvalue weighted by atomic mass is 10.1. The van der Waals surface area contributed by atoms with Crippen molar-refractivity contribution >= 4 is 35.5 Å². The zero-order valence-electron chi connectivity index (χ0n) is 23.7. The van der Waals surface area contributed by atoms with Crippen molar-refractivity contribution in [2.75, 3.05) is 6.61 Å². The number of esters is 2. The van der Waals surface area contributed by atoms with Crippen LogP contribution in [0.5, 0.6) is 0 Å². The fourth-order valence-electron chi connectivity index (χ4n) is 4.64. The van der Waals surface area contributed by atoms with Gasteiger partial charge in [0.25, 0.3) is 11.0 Å². The van der Waals surface area contributed by atoms with Crippen LogP contribution in [0.3, 0.4) is 0 Å². The minimum absolute atomic E-state index is 0.134. The zero-order chi connectivity index (χ0) is 31.4. The molecular weight excluding hydrogens is 593 g/mol. The van der Waals surface area contributed by atoms with Gasteiger partial charge < -0.3 is 24.8 Å². The minimum atomic E-state index is -2.97. The van der Waals surface area contributed by atoms with Gasteiger partial charge in [-0.25, -0.2) is 18.8 Å². The fraction of sp³-hybridized carbons (Fsp3) is 0.250. The Morgan fingerprint density at radius 2 is 1.52 bits per heavy atom. The average Bonchev–Trinajstić information content (AvgIpc) is 3.25. The van der Waals surface area contributed by atoms with Gasteiger partial charge in [0.05, 0.1) is 11.1 Å². The standard InChI is InChI=1S/C32H29ClFN3O7/c1-19-8-12-22(13-9-19)28(39)42-18-24-26(44-29(40)23-14-10-20(2)11-15-23)32(33,34)30(43-24)37-17-16-25(36-31(37)41)35-27(38)21-6-4-3-5-7-21/h3-17,24-26,30H,18H2,1-2H3,(H,35,38)(H,36,41)/t24-,25?,26-,30-,32-/m1/s1. The van der Waals surface area contributed by atoms with Crippen LogP contribution in [0.15, 0.2) is 91.1 Å². The Kier molecular flexibility index (Phi) is 8.98. The Bertz CT molecular complexity index is 1560. The number of benzene rings is 3. The third kappa shape index (κ3) is 6.74. The summed E-state index contributed by atoms with van der Waals surface area (Å²) in [5.41, 5.74) is 2.59. The minimum Gasteiger partial charge on any atom is -0.459 e. The number of carbonyl (C=O) groups excluding carboxylic acids is 4. The quantitative estimate of drug-likeness (QED) is 0.278. The average molecular weight is 622 g/mol. The molecule has 5 atom stereocenters. The first-order chi connectivity index (χ1) is 21.0. The summed E-state index contributed by atoms with van der Waals surface area (Å²) >= 11 is 6.37. The molecule has 1 fully saturated rings. The number of ether oxygens (including phenoxy) is 3. The number of hydrogen-bond donors (Lipinski definition) is 2. The van der Waals surface area contributed by atoms with E-state index in [9.17, 15) is 19.2 Å². The second kappa shape index (κ2) is 12.9. The van der Waals surface area contributed by atoms with Crippen LogP contribution >= 0.6 is 11.6 Å².